The summed E-state index contributed by atoms with van der Waals surface area (Å²) < 4.78 is 24.5. The van der Waals surface area contributed by atoms with Gasteiger partial charge in [0.15, 0.2) is 0 Å². The van der Waals surface area contributed by atoms with Crippen LogP contribution in [0.5, 0.6) is 0 Å². The molecule has 1 heterocycles. The maximum Gasteiger partial charge on any atom is 0.255 e. The number of aliphatic imine (C=N–C) groups is 1. The molecule has 1 saturated carbocycles. The fourth-order valence-corrected chi connectivity index (χ4v) is 2.63. The second-order valence-corrected chi connectivity index (χ2v) is 6.33. The summed E-state index contributed by atoms with van der Waals surface area (Å²) in [6.07, 6.45) is 0.998. The lowest BCUT2D eigenvalue weighted by Gasteiger charge is -2.17. The Bertz CT molecular complexity index is 785. The van der Waals surface area contributed by atoms with E-state index >= 15 is 0 Å². The number of hydrogen-bond donors (Lipinski definition) is 3. The summed E-state index contributed by atoms with van der Waals surface area (Å²) in [6, 6.07) is 5.12. The first-order valence-corrected chi connectivity index (χ1v) is 8.42. The van der Waals surface area contributed by atoms with Gasteiger partial charge in [-0.1, -0.05) is 6.07 Å². The molecule has 3 N–H and O–H groups in total. The molecule has 2 amide bonds. The van der Waals surface area contributed by atoms with E-state index in [1.54, 1.807) is 31.2 Å². The first-order chi connectivity index (χ1) is 12.4. The number of alkyl halides is 2. The van der Waals surface area contributed by atoms with Gasteiger partial charge in [-0.15, -0.1) is 0 Å². The number of amides is 2. The Balaban J connectivity index is 1.71. The molecule has 138 valence electrons. The minimum atomic E-state index is -2.58. The zero-order chi connectivity index (χ0) is 18.7. The standard InChI is InChI=1S/C18H20F2N4O2/c1-10-6-12(4-5-13(10)18(26)21-8-15(19)20)14-7-16(23-9-22-14)24-17(25)11-2-3-11/h4-7,11,15,22H,2-3,8-9H2,1H3,(H,21,26)(H,23,24,25). The van der Waals surface area contributed by atoms with Crippen LogP contribution in [0.3, 0.4) is 0 Å². The van der Waals surface area contributed by atoms with E-state index in [2.05, 4.69) is 20.9 Å². The third kappa shape index (κ3) is 4.44. The monoisotopic (exact) mass is 362 g/mol. The van der Waals surface area contributed by atoms with Crippen LogP contribution < -0.4 is 16.0 Å². The molecule has 1 fully saturated rings. The van der Waals surface area contributed by atoms with Crippen molar-refractivity contribution in [3.05, 3.63) is 41.0 Å². The van der Waals surface area contributed by atoms with E-state index in [1.807, 2.05) is 0 Å². The molecule has 1 aliphatic carbocycles. The quantitative estimate of drug-likeness (QED) is 0.747. The maximum atomic E-state index is 12.2. The molecular formula is C18H20F2N4O2. The molecule has 3 rings (SSSR count). The molecule has 26 heavy (non-hydrogen) atoms. The van der Waals surface area contributed by atoms with Crippen LogP contribution in [0.15, 0.2) is 29.3 Å². The van der Waals surface area contributed by atoms with Gasteiger partial charge in [0, 0.05) is 23.3 Å². The van der Waals surface area contributed by atoms with Crippen molar-refractivity contribution in [3.8, 4) is 0 Å². The van der Waals surface area contributed by atoms with Gasteiger partial charge >= 0.3 is 0 Å². The third-order valence-corrected chi connectivity index (χ3v) is 4.20. The van der Waals surface area contributed by atoms with Gasteiger partial charge < -0.3 is 16.0 Å². The first-order valence-electron chi connectivity index (χ1n) is 8.42. The maximum absolute atomic E-state index is 12.2. The lowest BCUT2D eigenvalue weighted by atomic mass is 10.0. The van der Waals surface area contributed by atoms with Crippen LogP contribution in [-0.4, -0.2) is 37.3 Å². The lowest BCUT2D eigenvalue weighted by Crippen LogP contribution is -2.34. The molecule has 0 bridgehead atoms. The molecule has 0 spiro atoms. The third-order valence-electron chi connectivity index (χ3n) is 4.20. The van der Waals surface area contributed by atoms with Crippen LogP contribution in [0.25, 0.3) is 5.70 Å². The molecule has 1 aromatic carbocycles. The molecule has 0 unspecified atom stereocenters. The summed E-state index contributed by atoms with van der Waals surface area (Å²) in [4.78, 5) is 28.0. The summed E-state index contributed by atoms with van der Waals surface area (Å²) >= 11 is 0. The molecular weight excluding hydrogens is 342 g/mol. The van der Waals surface area contributed by atoms with E-state index in [1.165, 1.54) is 0 Å². The van der Waals surface area contributed by atoms with E-state index < -0.39 is 18.9 Å². The second-order valence-electron chi connectivity index (χ2n) is 6.33. The van der Waals surface area contributed by atoms with Gasteiger partial charge in [0.2, 0.25) is 5.91 Å². The summed E-state index contributed by atoms with van der Waals surface area (Å²) in [7, 11) is 0. The zero-order valence-electron chi connectivity index (χ0n) is 14.3. The van der Waals surface area contributed by atoms with Crippen molar-refractivity contribution in [1.29, 1.82) is 0 Å². The van der Waals surface area contributed by atoms with Crippen LogP contribution in [0.1, 0.15) is 34.3 Å². The zero-order valence-corrected chi connectivity index (χ0v) is 14.3. The SMILES string of the molecule is Cc1cc(C2=CC(NC(=O)C3CC3)=NCN2)ccc1C(=O)NCC(F)F. The molecule has 0 atom stereocenters. The van der Waals surface area contributed by atoms with Crippen molar-refractivity contribution >= 4 is 23.3 Å². The fourth-order valence-electron chi connectivity index (χ4n) is 2.63. The van der Waals surface area contributed by atoms with Crippen LogP contribution in [0.2, 0.25) is 0 Å². The number of amidine groups is 1. The summed E-state index contributed by atoms with van der Waals surface area (Å²) in [5.41, 5.74) is 2.61. The minimum Gasteiger partial charge on any atom is -0.366 e. The average Bonchev–Trinajstić information content (AvgIpc) is 3.45. The Morgan fingerprint density at radius 3 is 2.77 bits per heavy atom. The lowest BCUT2D eigenvalue weighted by molar-refractivity contribution is -0.120. The van der Waals surface area contributed by atoms with Gasteiger partial charge in [-0.05, 0) is 43.0 Å². The number of aryl methyl sites for hydroxylation is 1. The van der Waals surface area contributed by atoms with Crippen molar-refractivity contribution in [2.45, 2.75) is 26.2 Å². The number of halogens is 2. The highest BCUT2D eigenvalue weighted by Gasteiger charge is 2.30. The topological polar surface area (TPSA) is 82.6 Å². The van der Waals surface area contributed by atoms with Crippen molar-refractivity contribution in [3.63, 3.8) is 0 Å². The summed E-state index contributed by atoms with van der Waals surface area (Å²) in [5.74, 6) is 0.0622. The molecule has 1 aromatic rings. The minimum absolute atomic E-state index is 0.0107. The van der Waals surface area contributed by atoms with Gasteiger partial charge in [0.1, 0.15) is 12.5 Å². The average molecular weight is 362 g/mol. The highest BCUT2D eigenvalue weighted by Crippen LogP contribution is 2.28. The smallest absolute Gasteiger partial charge is 0.255 e. The molecule has 0 radical (unpaired) electrons. The molecule has 0 saturated heterocycles. The fraction of sp³-hybridized carbons (Fsp3) is 0.389. The summed E-state index contributed by atoms with van der Waals surface area (Å²) in [6.45, 7) is 1.41. The number of benzene rings is 1. The van der Waals surface area contributed by atoms with E-state index in [-0.39, 0.29) is 11.8 Å². The predicted octanol–water partition coefficient (Wildman–Crippen LogP) is 1.82. The number of carbonyl (C=O) groups is 2. The molecule has 2 aliphatic rings. The molecule has 6 nitrogen and oxygen atoms in total. The second kappa shape index (κ2) is 7.63. The Kier molecular flexibility index (Phi) is 5.29. The normalized spacial score (nSPS) is 16.5. The van der Waals surface area contributed by atoms with Crippen LogP contribution in [0.4, 0.5) is 8.78 Å². The van der Waals surface area contributed by atoms with Gasteiger partial charge in [-0.3, -0.25) is 9.59 Å². The Labute approximate surface area is 149 Å². The van der Waals surface area contributed by atoms with Gasteiger partial charge in [0.05, 0.1) is 6.54 Å². The number of nitrogens with zero attached hydrogens (tertiary/aromatic N) is 1. The molecule has 8 heteroatoms. The highest BCUT2D eigenvalue weighted by molar-refractivity contribution is 6.09. The van der Waals surface area contributed by atoms with Gasteiger partial charge in [-0.2, -0.15) is 0 Å². The van der Waals surface area contributed by atoms with Gasteiger partial charge in [0.25, 0.3) is 12.3 Å². The van der Waals surface area contributed by atoms with E-state index in [4.69, 9.17) is 0 Å². The largest absolute Gasteiger partial charge is 0.366 e. The van der Waals surface area contributed by atoms with Crippen molar-refractivity contribution in [1.82, 2.24) is 16.0 Å². The van der Waals surface area contributed by atoms with Crippen molar-refractivity contribution < 1.29 is 18.4 Å². The van der Waals surface area contributed by atoms with E-state index in [0.29, 0.717) is 23.6 Å². The number of hydrogen-bond acceptors (Lipinski definition) is 4. The number of rotatable bonds is 5. The van der Waals surface area contributed by atoms with Crippen LogP contribution >= 0.6 is 0 Å². The first kappa shape index (κ1) is 18.0. The highest BCUT2D eigenvalue weighted by atomic mass is 19.3. The Morgan fingerprint density at radius 1 is 1.35 bits per heavy atom. The number of nitrogens with one attached hydrogen (secondary N) is 3. The van der Waals surface area contributed by atoms with Crippen molar-refractivity contribution in [2.75, 3.05) is 13.2 Å². The molecule has 1 aliphatic heterocycles. The Morgan fingerprint density at radius 2 is 2.12 bits per heavy atom. The van der Waals surface area contributed by atoms with E-state index in [9.17, 15) is 18.4 Å². The van der Waals surface area contributed by atoms with Gasteiger partial charge in [-0.25, -0.2) is 13.8 Å². The molecule has 0 aromatic heterocycles. The van der Waals surface area contributed by atoms with Crippen LogP contribution in [-0.2, 0) is 4.79 Å². The van der Waals surface area contributed by atoms with E-state index in [0.717, 1.165) is 24.1 Å². The number of carbonyl (C=O) groups excluding carboxylic acids is 2. The predicted molar refractivity (Wildman–Crippen MR) is 93.8 cm³/mol. The summed E-state index contributed by atoms with van der Waals surface area (Å²) in [5, 5.41) is 8.13. The van der Waals surface area contributed by atoms with Crippen LogP contribution in [0, 0.1) is 12.8 Å². The Hall–Kier alpha value is -2.77. The van der Waals surface area contributed by atoms with Crippen molar-refractivity contribution in [2.24, 2.45) is 10.9 Å².